The third-order valence-electron chi connectivity index (χ3n) is 5.52. The van der Waals surface area contributed by atoms with Crippen molar-refractivity contribution >= 4 is 5.91 Å². The summed E-state index contributed by atoms with van der Waals surface area (Å²) in [6, 6.07) is 11.0. The van der Waals surface area contributed by atoms with Crippen molar-refractivity contribution in [3.63, 3.8) is 0 Å². The molecule has 0 spiro atoms. The number of hydrogen-bond acceptors (Lipinski definition) is 4. The minimum atomic E-state index is 0.120. The number of rotatable bonds is 9. The molecule has 0 atom stereocenters. The first-order chi connectivity index (χ1) is 14.6. The van der Waals surface area contributed by atoms with Gasteiger partial charge in [-0.3, -0.25) is 4.79 Å². The van der Waals surface area contributed by atoms with Gasteiger partial charge in [0.05, 0.1) is 13.2 Å². The maximum Gasteiger partial charge on any atom is 0.253 e. The topological polar surface area (TPSA) is 59.0 Å². The van der Waals surface area contributed by atoms with E-state index in [0.29, 0.717) is 13.2 Å². The molecule has 1 heterocycles. The first-order valence-electron chi connectivity index (χ1n) is 11.1. The van der Waals surface area contributed by atoms with Crippen molar-refractivity contribution in [1.29, 1.82) is 0 Å². The molecule has 1 fully saturated rings. The molecule has 0 aliphatic carbocycles. The fraction of sp³-hybridized carbons (Fsp3) is 0.480. The minimum absolute atomic E-state index is 0.120. The van der Waals surface area contributed by atoms with Crippen molar-refractivity contribution in [2.24, 2.45) is 0 Å². The zero-order chi connectivity index (χ0) is 21.3. The number of hydrogen-bond donors (Lipinski definition) is 1. The molecule has 0 unspecified atom stereocenters. The van der Waals surface area contributed by atoms with Crippen LogP contribution in [0.3, 0.4) is 0 Å². The third-order valence-corrected chi connectivity index (χ3v) is 5.52. The molecular weight excluding hydrogens is 378 g/mol. The van der Waals surface area contributed by atoms with Crippen LogP contribution in [0.2, 0.25) is 0 Å². The third kappa shape index (κ3) is 5.91. The van der Waals surface area contributed by atoms with Crippen molar-refractivity contribution in [1.82, 2.24) is 4.90 Å². The number of aryl methyl sites for hydroxylation is 2. The van der Waals surface area contributed by atoms with Crippen LogP contribution < -0.4 is 9.47 Å². The Morgan fingerprint density at radius 3 is 2.33 bits per heavy atom. The van der Waals surface area contributed by atoms with E-state index in [4.69, 9.17) is 9.47 Å². The number of piperidine rings is 1. The number of ether oxygens (including phenoxy) is 2. The number of aromatic hydroxyl groups is 1. The Morgan fingerprint density at radius 2 is 1.67 bits per heavy atom. The monoisotopic (exact) mass is 411 g/mol. The van der Waals surface area contributed by atoms with Crippen molar-refractivity contribution in [2.75, 3.05) is 26.3 Å². The zero-order valence-corrected chi connectivity index (χ0v) is 18.2. The molecule has 5 heteroatoms. The van der Waals surface area contributed by atoms with Crippen LogP contribution in [0.15, 0.2) is 36.4 Å². The van der Waals surface area contributed by atoms with Gasteiger partial charge in [0.2, 0.25) is 0 Å². The SMILES string of the molecule is CCc1cc(O)cc(C)c1OCCCCOc1ccc(C(=O)N2CCCCC2)cc1. The maximum atomic E-state index is 12.5. The maximum absolute atomic E-state index is 12.5. The molecular formula is C25H33NO4. The number of amides is 1. The summed E-state index contributed by atoms with van der Waals surface area (Å²) in [4.78, 5) is 14.4. The molecule has 1 aliphatic heterocycles. The Kier molecular flexibility index (Phi) is 8.00. The second kappa shape index (κ2) is 10.9. The van der Waals surface area contributed by atoms with Crippen LogP contribution in [0.1, 0.15) is 60.5 Å². The molecule has 1 aliphatic rings. The lowest BCUT2D eigenvalue weighted by molar-refractivity contribution is 0.0724. The van der Waals surface area contributed by atoms with E-state index < -0.39 is 0 Å². The van der Waals surface area contributed by atoms with Crippen LogP contribution in [-0.2, 0) is 6.42 Å². The molecule has 2 aromatic rings. The Balaban J connectivity index is 1.38. The predicted molar refractivity (Wildman–Crippen MR) is 119 cm³/mol. The van der Waals surface area contributed by atoms with E-state index in [1.807, 2.05) is 36.1 Å². The van der Waals surface area contributed by atoms with Gasteiger partial charge in [0.1, 0.15) is 17.2 Å². The number of phenols is 1. The Hall–Kier alpha value is -2.69. The summed E-state index contributed by atoms with van der Waals surface area (Å²) in [6.07, 6.45) is 6.01. The van der Waals surface area contributed by atoms with E-state index in [1.165, 1.54) is 6.42 Å². The molecule has 1 saturated heterocycles. The molecule has 1 amide bonds. The molecule has 0 bridgehead atoms. The lowest BCUT2D eigenvalue weighted by atomic mass is 10.1. The second-order valence-corrected chi connectivity index (χ2v) is 7.89. The summed E-state index contributed by atoms with van der Waals surface area (Å²) in [5.74, 6) is 2.07. The van der Waals surface area contributed by atoms with Crippen molar-refractivity contribution in [3.8, 4) is 17.2 Å². The number of phenolic OH excluding ortho intramolecular Hbond substituents is 1. The molecule has 1 N–H and O–H groups in total. The van der Waals surface area contributed by atoms with Gasteiger partial charge in [-0.15, -0.1) is 0 Å². The van der Waals surface area contributed by atoms with Gasteiger partial charge < -0.3 is 19.5 Å². The summed E-state index contributed by atoms with van der Waals surface area (Å²) in [5.41, 5.74) is 2.72. The molecule has 0 saturated carbocycles. The zero-order valence-electron chi connectivity index (χ0n) is 18.2. The van der Waals surface area contributed by atoms with E-state index in [2.05, 4.69) is 6.92 Å². The van der Waals surface area contributed by atoms with Crippen LogP contribution in [0.4, 0.5) is 0 Å². The number of carbonyl (C=O) groups is 1. The summed E-state index contributed by atoms with van der Waals surface area (Å²) in [6.45, 7) is 6.96. The van der Waals surface area contributed by atoms with E-state index >= 15 is 0 Å². The van der Waals surface area contributed by atoms with Gasteiger partial charge in [-0.25, -0.2) is 0 Å². The largest absolute Gasteiger partial charge is 0.508 e. The van der Waals surface area contributed by atoms with E-state index in [9.17, 15) is 9.90 Å². The average molecular weight is 412 g/mol. The van der Waals surface area contributed by atoms with Crippen LogP contribution in [-0.4, -0.2) is 42.2 Å². The highest BCUT2D eigenvalue weighted by atomic mass is 16.5. The van der Waals surface area contributed by atoms with E-state index in [1.54, 1.807) is 12.1 Å². The standard InChI is InChI=1S/C25H33NO4/c1-3-20-18-22(27)17-19(2)24(20)30-16-8-7-15-29-23-11-9-21(10-12-23)25(28)26-13-5-4-6-14-26/h9-12,17-18,27H,3-8,13-16H2,1-2H3. The van der Waals surface area contributed by atoms with Crippen molar-refractivity contribution < 1.29 is 19.4 Å². The molecule has 30 heavy (non-hydrogen) atoms. The van der Waals surface area contributed by atoms with Crippen molar-refractivity contribution in [3.05, 3.63) is 53.1 Å². The van der Waals surface area contributed by atoms with E-state index in [-0.39, 0.29) is 11.7 Å². The van der Waals surface area contributed by atoms with Gasteiger partial charge in [-0.1, -0.05) is 6.92 Å². The summed E-state index contributed by atoms with van der Waals surface area (Å²) in [5, 5.41) is 9.72. The van der Waals surface area contributed by atoms with Crippen LogP contribution in [0.5, 0.6) is 17.2 Å². The van der Waals surface area contributed by atoms with Gasteiger partial charge in [0.25, 0.3) is 5.91 Å². The highest BCUT2D eigenvalue weighted by Crippen LogP contribution is 2.29. The number of likely N-dealkylation sites (tertiary alicyclic amines) is 1. The quantitative estimate of drug-likeness (QED) is 0.581. The molecule has 2 aromatic carbocycles. The molecule has 162 valence electrons. The normalized spacial score (nSPS) is 13.9. The molecule has 0 radical (unpaired) electrons. The number of unbranched alkanes of at least 4 members (excludes halogenated alkanes) is 1. The Labute approximate surface area is 179 Å². The lowest BCUT2D eigenvalue weighted by Gasteiger charge is -2.26. The molecule has 3 rings (SSSR count). The van der Waals surface area contributed by atoms with Crippen LogP contribution in [0, 0.1) is 6.92 Å². The highest BCUT2D eigenvalue weighted by Gasteiger charge is 2.17. The lowest BCUT2D eigenvalue weighted by Crippen LogP contribution is -2.35. The summed E-state index contributed by atoms with van der Waals surface area (Å²) >= 11 is 0. The predicted octanol–water partition coefficient (Wildman–Crippen LogP) is 5.13. The van der Waals surface area contributed by atoms with Gasteiger partial charge in [0.15, 0.2) is 0 Å². The summed E-state index contributed by atoms with van der Waals surface area (Å²) in [7, 11) is 0. The molecule has 5 nitrogen and oxygen atoms in total. The number of nitrogens with zero attached hydrogens (tertiary/aromatic N) is 1. The summed E-state index contributed by atoms with van der Waals surface area (Å²) < 4.78 is 11.8. The fourth-order valence-electron chi connectivity index (χ4n) is 3.84. The Morgan fingerprint density at radius 1 is 1.00 bits per heavy atom. The van der Waals surface area contributed by atoms with Crippen molar-refractivity contribution in [2.45, 2.75) is 52.4 Å². The fourth-order valence-corrected chi connectivity index (χ4v) is 3.84. The first kappa shape index (κ1) is 22.0. The number of benzene rings is 2. The van der Waals surface area contributed by atoms with E-state index in [0.717, 1.165) is 73.4 Å². The van der Waals surface area contributed by atoms with Gasteiger partial charge in [0, 0.05) is 18.7 Å². The highest BCUT2D eigenvalue weighted by molar-refractivity contribution is 5.94. The smallest absolute Gasteiger partial charge is 0.253 e. The van der Waals surface area contributed by atoms with Gasteiger partial charge in [-0.05, 0) is 93.0 Å². The van der Waals surface area contributed by atoms with Crippen LogP contribution >= 0.6 is 0 Å². The first-order valence-corrected chi connectivity index (χ1v) is 11.1. The number of carbonyl (C=O) groups excluding carboxylic acids is 1. The van der Waals surface area contributed by atoms with Crippen LogP contribution in [0.25, 0.3) is 0 Å². The average Bonchev–Trinajstić information content (AvgIpc) is 2.77. The van der Waals surface area contributed by atoms with Gasteiger partial charge >= 0.3 is 0 Å². The second-order valence-electron chi connectivity index (χ2n) is 7.89. The molecule has 0 aromatic heterocycles. The van der Waals surface area contributed by atoms with Gasteiger partial charge in [-0.2, -0.15) is 0 Å². The Bertz CT molecular complexity index is 826. The minimum Gasteiger partial charge on any atom is -0.508 e.